The third-order valence-corrected chi connectivity index (χ3v) is 9.50. The van der Waals surface area contributed by atoms with Crippen LogP contribution >= 0.6 is 11.6 Å². The molecule has 0 saturated carbocycles. The van der Waals surface area contributed by atoms with Crippen LogP contribution in [0.15, 0.2) is 54.1 Å². The third kappa shape index (κ3) is 10.9. The van der Waals surface area contributed by atoms with E-state index in [0.717, 1.165) is 29.7 Å². The van der Waals surface area contributed by atoms with Gasteiger partial charge in [0.15, 0.2) is 24.1 Å². The first-order valence-electron chi connectivity index (χ1n) is 17.9. The lowest BCUT2D eigenvalue weighted by Gasteiger charge is -2.37. The Balaban J connectivity index is 0.000000262. The van der Waals surface area contributed by atoms with Crippen LogP contribution in [0.5, 0.6) is 5.75 Å². The highest BCUT2D eigenvalue weighted by atomic mass is 35.5. The van der Waals surface area contributed by atoms with Crippen molar-refractivity contribution in [2.75, 3.05) is 57.1 Å². The first-order chi connectivity index (χ1) is 27.5. The zero-order chi connectivity index (χ0) is 42.8. The van der Waals surface area contributed by atoms with E-state index in [1.54, 1.807) is 25.8 Å². The highest BCUT2D eigenvalue weighted by Gasteiger charge is 2.43. The molecule has 0 atom stereocenters. The number of aryl methyl sites for hydroxylation is 2. The molecule has 14 nitrogen and oxygen atoms in total. The Kier molecular flexibility index (Phi) is 15.4. The molecule has 312 valence electrons. The number of likely N-dealkylation sites (N-methyl/N-ethyl adjacent to an activating group) is 1. The molecule has 0 radical (unpaired) electrons. The third-order valence-electron chi connectivity index (χ3n) is 9.18. The molecule has 0 bridgehead atoms. The smallest absolute Gasteiger partial charge is 0.416 e. The summed E-state index contributed by atoms with van der Waals surface area (Å²) in [5, 5.41) is 16.2. The number of allylic oxidation sites excluding steroid dienone is 2. The zero-order valence-electron chi connectivity index (χ0n) is 32.4. The lowest BCUT2D eigenvalue weighted by atomic mass is 10.0. The molecule has 2 aromatic heterocycles. The van der Waals surface area contributed by atoms with Crippen LogP contribution in [0.4, 0.5) is 33.6 Å². The second kappa shape index (κ2) is 19.8. The van der Waals surface area contributed by atoms with Gasteiger partial charge in [-0.1, -0.05) is 30.7 Å². The highest BCUT2D eigenvalue weighted by molar-refractivity contribution is 6.33. The van der Waals surface area contributed by atoms with Gasteiger partial charge in [0.1, 0.15) is 12.0 Å². The molecular weight excluding hydrogens is 793 g/mol. The number of aldehydes is 3. The van der Waals surface area contributed by atoms with E-state index in [0.29, 0.717) is 73.8 Å². The second-order valence-corrected chi connectivity index (χ2v) is 13.4. The van der Waals surface area contributed by atoms with Crippen LogP contribution in [0, 0.1) is 6.92 Å². The molecule has 58 heavy (non-hydrogen) atoms. The predicted molar refractivity (Wildman–Crippen MR) is 206 cm³/mol. The number of hydrogen-bond donors (Lipinski definition) is 2. The van der Waals surface area contributed by atoms with Crippen LogP contribution in [-0.4, -0.2) is 111 Å². The first kappa shape index (κ1) is 45.2. The van der Waals surface area contributed by atoms with Crippen molar-refractivity contribution in [2.45, 2.75) is 45.5 Å². The largest absolute Gasteiger partial charge is 0.504 e. The van der Waals surface area contributed by atoms with Crippen LogP contribution in [0.25, 0.3) is 11.4 Å². The molecule has 0 spiro atoms. The molecule has 4 heterocycles. The zero-order valence-corrected chi connectivity index (χ0v) is 33.1. The Morgan fingerprint density at radius 1 is 1.02 bits per heavy atom. The second-order valence-electron chi connectivity index (χ2n) is 13.0. The summed E-state index contributed by atoms with van der Waals surface area (Å²) in [6.45, 7) is 6.82. The molecule has 1 fully saturated rings. The fourth-order valence-corrected chi connectivity index (χ4v) is 6.25. The molecule has 4 aromatic rings. The molecule has 6 rings (SSSR count). The van der Waals surface area contributed by atoms with Crippen LogP contribution in [0.3, 0.4) is 0 Å². The topological polar surface area (TPSA) is 159 Å². The number of halogens is 6. The van der Waals surface area contributed by atoms with Crippen LogP contribution in [0.2, 0.25) is 5.02 Å². The van der Waals surface area contributed by atoms with Crippen LogP contribution in [0.1, 0.15) is 46.2 Å². The number of aromatic hydroxyl groups is 1. The lowest BCUT2D eigenvalue weighted by Crippen LogP contribution is -2.48. The minimum absolute atomic E-state index is 0.0197. The summed E-state index contributed by atoms with van der Waals surface area (Å²) >= 11 is 5.57. The molecule has 0 amide bonds. The molecule has 2 N–H and O–H groups in total. The fraction of sp³-hybridized carbons (Fsp3) is 0.395. The fourth-order valence-electron chi connectivity index (χ4n) is 5.97. The van der Waals surface area contributed by atoms with Gasteiger partial charge in [-0.05, 0) is 62.2 Å². The monoisotopic (exact) mass is 835 g/mol. The molecule has 20 heteroatoms. The van der Waals surface area contributed by atoms with Crippen molar-refractivity contribution in [3.8, 4) is 17.1 Å². The standard InChI is InChI=1S/C24H30F2N6O3.C8H7ClF3N.C6H6N2O2/c1-4-20(21(14-33)31-10-8-29(2)9-11-31)32(24(25,26)16-34)23-27-22(28-30(23)3)18-5-6-19-15-35-12-7-17(19)13-18;1-13-7-3-2-5(4-6(7)9)8(10,11)12;1-4-6(10)5(2-9)8-3-7-4/h5-6,13-14,16H,4,7-12,15H2,1-3H3;2-4,13H,1H3;2-3,10H,1H3/b21-20+;;. The van der Waals surface area contributed by atoms with Crippen molar-refractivity contribution < 1.29 is 46.2 Å². The number of alkyl halides is 5. The molecule has 2 aromatic carbocycles. The summed E-state index contributed by atoms with van der Waals surface area (Å²) in [4.78, 5) is 49.9. The lowest BCUT2D eigenvalue weighted by molar-refractivity contribution is -0.137. The Hall–Kier alpha value is -5.53. The van der Waals surface area contributed by atoms with Gasteiger partial charge in [0.2, 0.25) is 12.2 Å². The number of hydrogen-bond acceptors (Lipinski definition) is 13. The van der Waals surface area contributed by atoms with Gasteiger partial charge in [-0.15, -0.1) is 5.10 Å². The average molecular weight is 836 g/mol. The number of anilines is 2. The number of ether oxygens (including phenoxy) is 1. The van der Waals surface area contributed by atoms with Crippen molar-refractivity contribution in [1.29, 1.82) is 0 Å². The molecule has 2 aliphatic heterocycles. The van der Waals surface area contributed by atoms with Gasteiger partial charge in [-0.25, -0.2) is 19.5 Å². The van der Waals surface area contributed by atoms with E-state index in [9.17, 15) is 27.6 Å². The molecular formula is C38H43ClF5N9O5. The number of rotatable bonds is 10. The van der Waals surface area contributed by atoms with Crippen molar-refractivity contribution in [3.63, 3.8) is 0 Å². The van der Waals surface area contributed by atoms with Gasteiger partial charge < -0.3 is 25.0 Å². The molecule has 1 saturated heterocycles. The highest BCUT2D eigenvalue weighted by Crippen LogP contribution is 2.35. The van der Waals surface area contributed by atoms with E-state index in [1.807, 2.05) is 25.2 Å². The Morgan fingerprint density at radius 2 is 1.72 bits per heavy atom. The predicted octanol–water partition coefficient (Wildman–Crippen LogP) is 5.92. The minimum Gasteiger partial charge on any atom is -0.504 e. The summed E-state index contributed by atoms with van der Waals surface area (Å²) in [6, 6.07) is 4.93. The Morgan fingerprint density at radius 3 is 2.29 bits per heavy atom. The number of nitrogens with one attached hydrogen (secondary N) is 1. The molecule has 0 aliphatic carbocycles. The summed E-state index contributed by atoms with van der Waals surface area (Å²) in [6.07, 6.45) is -1.62. The number of aromatic nitrogens is 5. The quantitative estimate of drug-likeness (QED) is 0.0840. The first-order valence-corrected chi connectivity index (χ1v) is 18.2. The van der Waals surface area contributed by atoms with Crippen molar-refractivity contribution in [3.05, 3.63) is 87.2 Å². The average Bonchev–Trinajstić information content (AvgIpc) is 3.59. The number of nitrogens with zero attached hydrogens (tertiary/aromatic N) is 8. The van der Waals surface area contributed by atoms with Crippen molar-refractivity contribution in [2.24, 2.45) is 7.05 Å². The summed E-state index contributed by atoms with van der Waals surface area (Å²) in [5.74, 6) is -0.104. The molecule has 2 aliphatic rings. The van der Waals surface area contributed by atoms with Gasteiger partial charge >= 0.3 is 12.2 Å². The number of carbonyl (C=O) groups is 3. The van der Waals surface area contributed by atoms with Gasteiger partial charge in [-0.2, -0.15) is 26.9 Å². The summed E-state index contributed by atoms with van der Waals surface area (Å²) in [7, 11) is 5.05. The number of piperazine rings is 1. The van der Waals surface area contributed by atoms with E-state index in [2.05, 4.69) is 30.3 Å². The number of fused-ring (bicyclic) bond motifs is 1. The van der Waals surface area contributed by atoms with E-state index >= 15 is 8.78 Å². The van der Waals surface area contributed by atoms with Crippen LogP contribution < -0.4 is 10.2 Å². The van der Waals surface area contributed by atoms with E-state index in [-0.39, 0.29) is 46.1 Å². The maximum Gasteiger partial charge on any atom is 0.416 e. The molecule has 0 unspecified atom stereocenters. The summed E-state index contributed by atoms with van der Waals surface area (Å²) in [5.41, 5.74) is 3.19. The SMILES string of the molecule is CC/C(=C(/C=O)N1CCN(C)CC1)N(c1nc(-c2ccc3c(c2)CCOC3)nn1C)C(F)(F)C=O.CNc1ccc(C(F)(F)F)cc1Cl.Cc1ncnc(C=O)c1O. The summed E-state index contributed by atoms with van der Waals surface area (Å²) < 4.78 is 73.4. The van der Waals surface area contributed by atoms with Gasteiger partial charge in [0.25, 0.3) is 0 Å². The van der Waals surface area contributed by atoms with Crippen molar-refractivity contribution in [1.82, 2.24) is 34.5 Å². The van der Waals surface area contributed by atoms with E-state index in [1.165, 1.54) is 24.1 Å². The van der Waals surface area contributed by atoms with E-state index < -0.39 is 24.1 Å². The van der Waals surface area contributed by atoms with Gasteiger partial charge in [0.05, 0.1) is 46.6 Å². The maximum absolute atomic E-state index is 15.2. The number of benzene rings is 2. The van der Waals surface area contributed by atoms with Crippen molar-refractivity contribution >= 4 is 42.1 Å². The Bertz CT molecular complexity index is 2110. The number of carbonyl (C=O) groups excluding carboxylic acids is 3. The maximum atomic E-state index is 15.2. The van der Waals surface area contributed by atoms with Gasteiger partial charge in [0, 0.05) is 45.8 Å². The minimum atomic E-state index is -4.34. The Labute approximate surface area is 336 Å². The van der Waals surface area contributed by atoms with E-state index in [4.69, 9.17) is 21.4 Å². The van der Waals surface area contributed by atoms with Crippen LogP contribution in [-0.2, 0) is 40.6 Å². The van der Waals surface area contributed by atoms with Gasteiger partial charge in [-0.3, -0.25) is 14.4 Å². The normalized spacial score (nSPS) is 14.8.